The largest absolute Gasteiger partial charge is 0.350 e. The summed E-state index contributed by atoms with van der Waals surface area (Å²) in [5.41, 5.74) is 3.37. The number of carbonyl (C=O) groups is 2. The van der Waals surface area contributed by atoms with Gasteiger partial charge in [0.2, 0.25) is 0 Å². The normalized spacial score (nSPS) is 13.3. The molecule has 0 aliphatic carbocycles. The molecule has 5 rings (SSSR count). The SMILES string of the molecule is Cc1ccccc1-n1c(-c2ccccc2)c(C(=O)N2CCNCC2)n(CCNC(=O)c2ccc(Cl)cc2)c1=O. The number of hydrogen-bond acceptors (Lipinski definition) is 4. The average molecular weight is 544 g/mol. The lowest BCUT2D eigenvalue weighted by Crippen LogP contribution is -2.47. The third-order valence-electron chi connectivity index (χ3n) is 6.88. The molecule has 1 aliphatic rings. The van der Waals surface area contributed by atoms with Crippen molar-refractivity contribution in [2.24, 2.45) is 0 Å². The number of imidazole rings is 1. The Balaban J connectivity index is 1.60. The molecule has 2 N–H and O–H groups in total. The fourth-order valence-electron chi connectivity index (χ4n) is 4.87. The molecule has 9 heteroatoms. The van der Waals surface area contributed by atoms with Gasteiger partial charge in [0.1, 0.15) is 5.69 Å². The summed E-state index contributed by atoms with van der Waals surface area (Å²) in [6, 6.07) is 23.7. The van der Waals surface area contributed by atoms with Gasteiger partial charge in [0.15, 0.2) is 0 Å². The van der Waals surface area contributed by atoms with Crippen molar-refractivity contribution in [2.45, 2.75) is 13.5 Å². The second kappa shape index (κ2) is 11.7. The molecule has 0 spiro atoms. The second-order valence-electron chi connectivity index (χ2n) is 9.42. The van der Waals surface area contributed by atoms with Crippen molar-refractivity contribution >= 4 is 23.4 Å². The molecule has 2 heterocycles. The van der Waals surface area contributed by atoms with Crippen LogP contribution in [-0.2, 0) is 6.54 Å². The van der Waals surface area contributed by atoms with E-state index in [-0.39, 0.29) is 30.6 Å². The number of benzene rings is 3. The molecule has 4 aromatic rings. The van der Waals surface area contributed by atoms with Gasteiger partial charge >= 0.3 is 5.69 Å². The summed E-state index contributed by atoms with van der Waals surface area (Å²) in [5.74, 6) is -0.486. The van der Waals surface area contributed by atoms with E-state index in [1.165, 1.54) is 4.57 Å². The quantitative estimate of drug-likeness (QED) is 0.372. The number of amides is 2. The molecule has 0 radical (unpaired) electrons. The number of carbonyl (C=O) groups excluding carboxylic acids is 2. The minimum Gasteiger partial charge on any atom is -0.350 e. The van der Waals surface area contributed by atoms with Crippen molar-refractivity contribution in [3.05, 3.63) is 111 Å². The van der Waals surface area contributed by atoms with Gasteiger partial charge in [-0.25, -0.2) is 4.79 Å². The van der Waals surface area contributed by atoms with Crippen LogP contribution in [0.25, 0.3) is 16.9 Å². The van der Waals surface area contributed by atoms with E-state index >= 15 is 0 Å². The van der Waals surface area contributed by atoms with E-state index in [1.54, 1.807) is 33.7 Å². The Labute approximate surface area is 231 Å². The van der Waals surface area contributed by atoms with Crippen molar-refractivity contribution in [3.8, 4) is 16.9 Å². The molecule has 0 saturated carbocycles. The molecule has 3 aromatic carbocycles. The summed E-state index contributed by atoms with van der Waals surface area (Å²) < 4.78 is 3.13. The van der Waals surface area contributed by atoms with E-state index in [0.29, 0.717) is 53.8 Å². The molecule has 1 saturated heterocycles. The summed E-state index contributed by atoms with van der Waals surface area (Å²) in [4.78, 5) is 42.7. The van der Waals surface area contributed by atoms with Gasteiger partial charge in [-0.15, -0.1) is 0 Å². The van der Waals surface area contributed by atoms with Crippen molar-refractivity contribution in [1.82, 2.24) is 24.7 Å². The predicted octanol–water partition coefficient (Wildman–Crippen LogP) is 3.74. The van der Waals surface area contributed by atoms with Gasteiger partial charge < -0.3 is 15.5 Å². The van der Waals surface area contributed by atoms with Gasteiger partial charge in [-0.3, -0.25) is 18.7 Å². The Kier molecular flexibility index (Phi) is 7.95. The lowest BCUT2D eigenvalue weighted by Gasteiger charge is -2.28. The molecule has 0 atom stereocenters. The van der Waals surface area contributed by atoms with E-state index in [9.17, 15) is 14.4 Å². The van der Waals surface area contributed by atoms with Crippen molar-refractivity contribution in [2.75, 3.05) is 32.7 Å². The third-order valence-corrected chi connectivity index (χ3v) is 7.13. The highest BCUT2D eigenvalue weighted by Crippen LogP contribution is 2.28. The fraction of sp³-hybridized carbons (Fsp3) is 0.233. The maximum atomic E-state index is 14.1. The number of aromatic nitrogens is 2. The zero-order chi connectivity index (χ0) is 27.4. The van der Waals surface area contributed by atoms with Gasteiger partial charge in [0.05, 0.1) is 11.4 Å². The topological polar surface area (TPSA) is 88.4 Å². The minimum atomic E-state index is -0.331. The monoisotopic (exact) mass is 543 g/mol. The van der Waals surface area contributed by atoms with Crippen molar-refractivity contribution in [3.63, 3.8) is 0 Å². The maximum absolute atomic E-state index is 14.1. The van der Waals surface area contributed by atoms with Crippen LogP contribution in [0.5, 0.6) is 0 Å². The van der Waals surface area contributed by atoms with Crippen LogP contribution >= 0.6 is 11.6 Å². The highest BCUT2D eigenvalue weighted by atomic mass is 35.5. The molecule has 1 aromatic heterocycles. The Morgan fingerprint density at radius 2 is 1.59 bits per heavy atom. The number of piperazine rings is 1. The van der Waals surface area contributed by atoms with E-state index in [2.05, 4.69) is 10.6 Å². The zero-order valence-electron chi connectivity index (χ0n) is 21.7. The Hall–Kier alpha value is -4.14. The third kappa shape index (κ3) is 5.53. The standard InChI is InChI=1S/C30H30ClN5O3/c1-21-7-5-6-10-25(21)36-26(22-8-3-2-4-9-22)27(29(38)34-18-15-32-16-19-34)35(30(36)39)20-17-33-28(37)23-11-13-24(31)14-12-23/h2-14,32H,15-20H2,1H3,(H,33,37). The molecule has 2 amide bonds. The van der Waals surface area contributed by atoms with Crippen molar-refractivity contribution < 1.29 is 9.59 Å². The van der Waals surface area contributed by atoms with Crippen LogP contribution in [-0.4, -0.2) is 58.6 Å². The molecule has 1 fully saturated rings. The first-order valence-corrected chi connectivity index (χ1v) is 13.3. The van der Waals surface area contributed by atoms with Gasteiger partial charge in [-0.2, -0.15) is 0 Å². The summed E-state index contributed by atoms with van der Waals surface area (Å²) in [6.07, 6.45) is 0. The smallest absolute Gasteiger partial charge is 0.333 e. The van der Waals surface area contributed by atoms with E-state index in [1.807, 2.05) is 61.5 Å². The van der Waals surface area contributed by atoms with E-state index < -0.39 is 0 Å². The summed E-state index contributed by atoms with van der Waals surface area (Å²) >= 11 is 5.95. The lowest BCUT2D eigenvalue weighted by atomic mass is 10.1. The van der Waals surface area contributed by atoms with Crippen molar-refractivity contribution in [1.29, 1.82) is 0 Å². The fourth-order valence-corrected chi connectivity index (χ4v) is 5.00. The van der Waals surface area contributed by atoms with E-state index in [4.69, 9.17) is 11.6 Å². The molecule has 8 nitrogen and oxygen atoms in total. The van der Waals surface area contributed by atoms with Crippen LogP contribution < -0.4 is 16.3 Å². The van der Waals surface area contributed by atoms with Crippen LogP contribution in [0.3, 0.4) is 0 Å². The van der Waals surface area contributed by atoms with Crippen LogP contribution in [0.15, 0.2) is 83.7 Å². The number of hydrogen-bond donors (Lipinski definition) is 2. The number of nitrogens with one attached hydrogen (secondary N) is 2. The van der Waals surface area contributed by atoms with Crippen LogP contribution in [0.4, 0.5) is 0 Å². The Morgan fingerprint density at radius 1 is 0.923 bits per heavy atom. The number of nitrogens with zero attached hydrogens (tertiary/aromatic N) is 3. The zero-order valence-corrected chi connectivity index (χ0v) is 22.4. The lowest BCUT2D eigenvalue weighted by molar-refractivity contribution is 0.0725. The van der Waals surface area contributed by atoms with Crippen LogP contribution in [0, 0.1) is 6.92 Å². The summed E-state index contributed by atoms with van der Waals surface area (Å²) in [5, 5.41) is 6.69. The van der Waals surface area contributed by atoms with Gasteiger partial charge in [0.25, 0.3) is 11.8 Å². The molecule has 0 bridgehead atoms. The first kappa shape index (κ1) is 26.5. The number of para-hydroxylation sites is 1. The van der Waals surface area contributed by atoms with Gasteiger partial charge in [-0.1, -0.05) is 60.1 Å². The molecule has 1 aliphatic heterocycles. The summed E-state index contributed by atoms with van der Waals surface area (Å²) in [6.45, 7) is 4.70. The van der Waals surface area contributed by atoms with Crippen LogP contribution in [0.2, 0.25) is 5.02 Å². The maximum Gasteiger partial charge on any atom is 0.333 e. The molecule has 200 valence electrons. The predicted molar refractivity (Wildman–Crippen MR) is 153 cm³/mol. The molecule has 0 unspecified atom stereocenters. The highest BCUT2D eigenvalue weighted by molar-refractivity contribution is 6.30. The molecular weight excluding hydrogens is 514 g/mol. The van der Waals surface area contributed by atoms with Gasteiger partial charge in [-0.05, 0) is 42.8 Å². The second-order valence-corrected chi connectivity index (χ2v) is 9.86. The molecular formula is C30H30ClN5O3. The number of rotatable bonds is 7. The van der Waals surface area contributed by atoms with E-state index in [0.717, 1.165) is 11.1 Å². The average Bonchev–Trinajstić information content (AvgIpc) is 3.25. The first-order valence-electron chi connectivity index (χ1n) is 13.0. The Morgan fingerprint density at radius 3 is 2.28 bits per heavy atom. The highest BCUT2D eigenvalue weighted by Gasteiger charge is 2.31. The first-order chi connectivity index (χ1) is 19.0. The number of aryl methyl sites for hydroxylation is 1. The van der Waals surface area contributed by atoms with Crippen LogP contribution in [0.1, 0.15) is 26.4 Å². The van der Waals surface area contributed by atoms with Gasteiger partial charge in [0, 0.05) is 55.4 Å². The molecule has 39 heavy (non-hydrogen) atoms. The Bertz CT molecular complexity index is 1540. The minimum absolute atomic E-state index is 0.129. The summed E-state index contributed by atoms with van der Waals surface area (Å²) in [7, 11) is 0. The number of halogens is 1.